The van der Waals surface area contributed by atoms with Crippen molar-refractivity contribution in [3.8, 4) is 17.2 Å². The van der Waals surface area contributed by atoms with E-state index in [2.05, 4.69) is 57.4 Å². The van der Waals surface area contributed by atoms with Gasteiger partial charge in [0.2, 0.25) is 0 Å². The Balaban J connectivity index is 1.33. The number of carbonyl (C=O) groups excluding carboxylic acids is 1. The Bertz CT molecular complexity index is 1660. The first-order valence-electron chi connectivity index (χ1n) is 12.1. The molecule has 0 fully saturated rings. The molecule has 0 aromatic heterocycles. The molecule has 0 atom stereocenters. The normalized spacial score (nSPS) is 11.2. The number of hydrogen-bond acceptors (Lipinski definition) is 5. The van der Waals surface area contributed by atoms with Gasteiger partial charge in [-0.1, -0.05) is 66.7 Å². The molecule has 7 heteroatoms. The van der Waals surface area contributed by atoms with Gasteiger partial charge in [-0.25, -0.2) is 5.43 Å². The van der Waals surface area contributed by atoms with E-state index >= 15 is 0 Å². The van der Waals surface area contributed by atoms with E-state index in [0.717, 1.165) is 30.9 Å². The molecule has 0 aliphatic heterocycles. The minimum atomic E-state index is -0.501. The van der Waals surface area contributed by atoms with Crippen molar-refractivity contribution < 1.29 is 19.4 Å². The van der Waals surface area contributed by atoms with Crippen LogP contribution in [0.4, 0.5) is 0 Å². The van der Waals surface area contributed by atoms with Crippen molar-refractivity contribution in [1.29, 1.82) is 0 Å². The summed E-state index contributed by atoms with van der Waals surface area (Å²) in [5.74, 6) is 0.652. The summed E-state index contributed by atoms with van der Waals surface area (Å²) < 4.78 is 13.0. The summed E-state index contributed by atoms with van der Waals surface area (Å²) >= 11 is 2.21. The number of aromatic hydroxyl groups is 1. The van der Waals surface area contributed by atoms with Gasteiger partial charge in [0.05, 0.1) is 22.0 Å². The van der Waals surface area contributed by atoms with Crippen molar-refractivity contribution >= 4 is 56.3 Å². The molecule has 5 aromatic rings. The lowest BCUT2D eigenvalue weighted by Gasteiger charge is -2.15. The van der Waals surface area contributed by atoms with Crippen LogP contribution in [0.15, 0.2) is 96.1 Å². The second kappa shape index (κ2) is 11.5. The molecule has 0 radical (unpaired) electrons. The second-order valence-electron chi connectivity index (χ2n) is 8.61. The Morgan fingerprint density at radius 1 is 0.921 bits per heavy atom. The zero-order chi connectivity index (χ0) is 26.5. The maximum Gasteiger partial charge on any atom is 0.275 e. The maximum atomic E-state index is 12.7. The summed E-state index contributed by atoms with van der Waals surface area (Å²) in [5.41, 5.74) is 4.48. The Hall–Kier alpha value is -4.11. The highest BCUT2D eigenvalue weighted by atomic mass is 127. The summed E-state index contributed by atoms with van der Waals surface area (Å²) in [7, 11) is 0. The van der Waals surface area contributed by atoms with Gasteiger partial charge in [0.15, 0.2) is 11.5 Å². The number of phenols is 1. The second-order valence-corrected chi connectivity index (χ2v) is 9.77. The van der Waals surface area contributed by atoms with Gasteiger partial charge >= 0.3 is 0 Å². The fourth-order valence-electron chi connectivity index (χ4n) is 4.27. The van der Waals surface area contributed by atoms with Crippen LogP contribution in [0, 0.1) is 3.57 Å². The number of nitrogens with zero attached hydrogens (tertiary/aromatic N) is 1. The highest BCUT2D eigenvalue weighted by Crippen LogP contribution is 2.35. The number of ether oxygens (including phenoxy) is 2. The number of nitrogens with one attached hydrogen (secondary N) is 1. The summed E-state index contributed by atoms with van der Waals surface area (Å²) in [6, 6.07) is 28.9. The maximum absolute atomic E-state index is 12.7. The summed E-state index contributed by atoms with van der Waals surface area (Å²) in [6.07, 6.45) is 1.54. The lowest BCUT2D eigenvalue weighted by molar-refractivity contribution is 0.0952. The number of benzene rings is 5. The van der Waals surface area contributed by atoms with E-state index in [9.17, 15) is 9.90 Å². The number of rotatable bonds is 8. The molecular weight excluding hydrogens is 591 g/mol. The lowest BCUT2D eigenvalue weighted by Crippen LogP contribution is -2.17. The third-order valence-electron chi connectivity index (χ3n) is 6.07. The first-order chi connectivity index (χ1) is 18.5. The van der Waals surface area contributed by atoms with Gasteiger partial charge in [0.25, 0.3) is 5.91 Å². The molecule has 1 amide bonds. The van der Waals surface area contributed by atoms with E-state index in [1.165, 1.54) is 11.6 Å². The third-order valence-corrected chi connectivity index (χ3v) is 6.87. The van der Waals surface area contributed by atoms with Crippen LogP contribution >= 0.6 is 22.6 Å². The van der Waals surface area contributed by atoms with Gasteiger partial charge < -0.3 is 14.6 Å². The van der Waals surface area contributed by atoms with Crippen LogP contribution in [-0.2, 0) is 6.61 Å². The Kier molecular flexibility index (Phi) is 7.74. The standard InChI is InChI=1S/C31H25IN2O4/c1-2-37-29-15-20(18-33-34-31(36)26-16-22-9-3-4-10-23(22)17-28(26)35)14-27(32)30(29)38-19-24-12-7-11-21-8-5-6-13-25(21)24/h3-18,35H,2,19H2,1H3,(H,34,36). The SMILES string of the molecule is CCOc1cc(C=NNC(=O)c2cc3ccccc3cc2O)cc(I)c1OCc1cccc2ccccc12. The van der Waals surface area contributed by atoms with Gasteiger partial charge in [0, 0.05) is 0 Å². The smallest absolute Gasteiger partial charge is 0.275 e. The highest BCUT2D eigenvalue weighted by molar-refractivity contribution is 14.1. The Labute approximate surface area is 234 Å². The van der Waals surface area contributed by atoms with Gasteiger partial charge in [-0.3, -0.25) is 4.79 Å². The topological polar surface area (TPSA) is 80.2 Å². The molecule has 38 heavy (non-hydrogen) atoms. The van der Waals surface area contributed by atoms with Gasteiger partial charge in [0.1, 0.15) is 12.4 Å². The highest BCUT2D eigenvalue weighted by Gasteiger charge is 2.14. The molecule has 0 saturated carbocycles. The van der Waals surface area contributed by atoms with E-state index < -0.39 is 5.91 Å². The lowest BCUT2D eigenvalue weighted by atomic mass is 10.1. The molecule has 0 aliphatic rings. The van der Waals surface area contributed by atoms with Crippen LogP contribution in [0.5, 0.6) is 17.2 Å². The molecule has 190 valence electrons. The van der Waals surface area contributed by atoms with Crippen LogP contribution < -0.4 is 14.9 Å². The molecule has 0 heterocycles. The van der Waals surface area contributed by atoms with Crippen LogP contribution in [0.25, 0.3) is 21.5 Å². The van der Waals surface area contributed by atoms with E-state index in [0.29, 0.717) is 24.7 Å². The van der Waals surface area contributed by atoms with Crippen molar-refractivity contribution in [3.05, 3.63) is 111 Å². The Morgan fingerprint density at radius 2 is 1.63 bits per heavy atom. The van der Waals surface area contributed by atoms with Crippen molar-refractivity contribution in [2.75, 3.05) is 6.61 Å². The minimum absolute atomic E-state index is 0.0997. The number of fused-ring (bicyclic) bond motifs is 2. The van der Waals surface area contributed by atoms with E-state index in [4.69, 9.17) is 9.47 Å². The summed E-state index contributed by atoms with van der Waals surface area (Å²) in [4.78, 5) is 12.7. The first-order valence-corrected chi connectivity index (χ1v) is 13.2. The molecule has 6 nitrogen and oxygen atoms in total. The predicted octanol–water partition coefficient (Wildman–Crippen LogP) is 7.04. The first kappa shape index (κ1) is 25.5. The molecule has 5 rings (SSSR count). The predicted molar refractivity (Wildman–Crippen MR) is 159 cm³/mol. The van der Waals surface area contributed by atoms with E-state index in [1.807, 2.05) is 61.5 Å². The number of carbonyl (C=O) groups is 1. The molecule has 5 aromatic carbocycles. The Morgan fingerprint density at radius 3 is 2.42 bits per heavy atom. The largest absolute Gasteiger partial charge is 0.507 e. The zero-order valence-corrected chi connectivity index (χ0v) is 22.8. The number of hydrazone groups is 1. The fourth-order valence-corrected chi connectivity index (χ4v) is 5.05. The number of hydrogen-bond donors (Lipinski definition) is 2. The minimum Gasteiger partial charge on any atom is -0.507 e. The average molecular weight is 616 g/mol. The number of amides is 1. The molecular formula is C31H25IN2O4. The molecule has 0 bridgehead atoms. The summed E-state index contributed by atoms with van der Waals surface area (Å²) in [5, 5.41) is 18.4. The summed E-state index contributed by atoms with van der Waals surface area (Å²) in [6.45, 7) is 2.79. The zero-order valence-electron chi connectivity index (χ0n) is 20.6. The average Bonchev–Trinajstić information content (AvgIpc) is 2.92. The molecule has 0 unspecified atom stereocenters. The number of halogens is 1. The van der Waals surface area contributed by atoms with Crippen LogP contribution in [-0.4, -0.2) is 23.8 Å². The van der Waals surface area contributed by atoms with Gasteiger partial charge in [-0.15, -0.1) is 0 Å². The molecule has 0 spiro atoms. The molecule has 0 aliphatic carbocycles. The van der Waals surface area contributed by atoms with Crippen molar-refractivity contribution in [3.63, 3.8) is 0 Å². The van der Waals surface area contributed by atoms with E-state index in [-0.39, 0.29) is 11.3 Å². The van der Waals surface area contributed by atoms with Crippen LogP contribution in [0.1, 0.15) is 28.4 Å². The van der Waals surface area contributed by atoms with Crippen molar-refractivity contribution in [1.82, 2.24) is 5.43 Å². The molecule has 2 N–H and O–H groups in total. The van der Waals surface area contributed by atoms with Crippen LogP contribution in [0.2, 0.25) is 0 Å². The van der Waals surface area contributed by atoms with Crippen molar-refractivity contribution in [2.45, 2.75) is 13.5 Å². The van der Waals surface area contributed by atoms with Crippen molar-refractivity contribution in [2.24, 2.45) is 5.10 Å². The quantitative estimate of drug-likeness (QED) is 0.111. The van der Waals surface area contributed by atoms with Gasteiger partial charge in [-0.2, -0.15) is 5.10 Å². The number of phenolic OH excluding ortho intramolecular Hbond substituents is 1. The van der Waals surface area contributed by atoms with Gasteiger partial charge in [-0.05, 0) is 86.5 Å². The van der Waals surface area contributed by atoms with E-state index in [1.54, 1.807) is 12.1 Å². The third kappa shape index (κ3) is 5.57. The molecule has 0 saturated heterocycles. The van der Waals surface area contributed by atoms with Crippen LogP contribution in [0.3, 0.4) is 0 Å². The monoisotopic (exact) mass is 616 g/mol. The fraction of sp³-hybridized carbons (Fsp3) is 0.0968.